The summed E-state index contributed by atoms with van der Waals surface area (Å²) in [4.78, 5) is 0. The largest absolute Gasteiger partial charge is 1.00 e. The molecule has 0 radical (unpaired) electrons. The maximum absolute atomic E-state index is 4.48. The monoisotopic (exact) mass is 664 g/mol. The SMILES string of the molecule is CN1NN=C(c2ccccc2)[N+]1(C)c1ccccc1.CN1NN=C(c2ccccc2)[N+]1(C)c1ccccc1.[Br-].[Br-]. The van der Waals surface area contributed by atoms with E-state index in [1.54, 1.807) is 0 Å². The number of nitrogens with one attached hydrogen (secondary N) is 2. The summed E-state index contributed by atoms with van der Waals surface area (Å²) < 4.78 is 1.01. The molecule has 2 aliphatic heterocycles. The number of benzene rings is 4. The van der Waals surface area contributed by atoms with Gasteiger partial charge in [-0.2, -0.15) is 11.1 Å². The van der Waals surface area contributed by atoms with E-state index in [-0.39, 0.29) is 34.0 Å². The number of quaternary nitrogens is 2. The van der Waals surface area contributed by atoms with Crippen LogP contribution in [0.3, 0.4) is 0 Å². The normalized spacial score (nSPS) is 21.8. The van der Waals surface area contributed by atoms with Gasteiger partial charge in [-0.05, 0) is 34.5 Å². The van der Waals surface area contributed by atoms with Crippen molar-refractivity contribution in [2.75, 3.05) is 28.2 Å². The van der Waals surface area contributed by atoms with Crippen LogP contribution >= 0.6 is 0 Å². The Morgan fingerprint density at radius 2 is 0.750 bits per heavy atom. The molecule has 2 unspecified atom stereocenters. The van der Waals surface area contributed by atoms with Gasteiger partial charge in [-0.3, -0.25) is 0 Å². The summed E-state index contributed by atoms with van der Waals surface area (Å²) in [6.07, 6.45) is 0. The molecule has 4 aromatic rings. The zero-order valence-electron chi connectivity index (χ0n) is 23.0. The molecule has 0 amide bonds. The van der Waals surface area contributed by atoms with E-state index < -0.39 is 0 Å². The molecule has 2 atom stereocenters. The van der Waals surface area contributed by atoms with Crippen LogP contribution in [0.2, 0.25) is 0 Å². The molecule has 4 aromatic carbocycles. The first-order valence-electron chi connectivity index (χ1n) is 12.6. The summed E-state index contributed by atoms with van der Waals surface area (Å²) in [7, 11) is 8.24. The number of hydrogen-bond acceptors (Lipinski definition) is 6. The molecular weight excluding hydrogens is 632 g/mol. The molecule has 0 bridgehead atoms. The van der Waals surface area contributed by atoms with Crippen molar-refractivity contribution in [3.8, 4) is 0 Å². The van der Waals surface area contributed by atoms with Crippen LogP contribution in [0.15, 0.2) is 132 Å². The lowest BCUT2D eigenvalue weighted by atomic mass is 10.1. The van der Waals surface area contributed by atoms with Gasteiger partial charge in [0.15, 0.2) is 11.4 Å². The van der Waals surface area contributed by atoms with Crippen LogP contribution in [-0.4, -0.2) is 50.1 Å². The number of amidine groups is 2. The molecule has 0 saturated heterocycles. The molecule has 0 fully saturated rings. The quantitative estimate of drug-likeness (QED) is 0.267. The third kappa shape index (κ3) is 5.73. The average molecular weight is 666 g/mol. The smallest absolute Gasteiger partial charge is 0.279 e. The van der Waals surface area contributed by atoms with Gasteiger partial charge >= 0.3 is 0 Å². The maximum atomic E-state index is 4.48. The van der Waals surface area contributed by atoms with Gasteiger partial charge < -0.3 is 34.0 Å². The summed E-state index contributed by atoms with van der Waals surface area (Å²) in [5, 5.41) is 12.9. The van der Waals surface area contributed by atoms with Gasteiger partial charge in [-0.25, -0.2) is 0 Å². The first-order chi connectivity index (χ1) is 18.5. The minimum atomic E-state index is 0. The lowest BCUT2D eigenvalue weighted by Gasteiger charge is -2.33. The predicted molar refractivity (Wildman–Crippen MR) is 156 cm³/mol. The molecule has 2 heterocycles. The van der Waals surface area contributed by atoms with Gasteiger partial charge in [0.1, 0.15) is 0 Å². The zero-order valence-corrected chi connectivity index (χ0v) is 26.2. The van der Waals surface area contributed by atoms with E-state index >= 15 is 0 Å². The Bertz CT molecular complexity index is 1310. The number of hydrazone groups is 2. The van der Waals surface area contributed by atoms with E-state index in [1.807, 2.05) is 97.1 Å². The van der Waals surface area contributed by atoms with E-state index in [0.717, 1.165) is 34.2 Å². The van der Waals surface area contributed by atoms with Crippen molar-refractivity contribution in [1.29, 1.82) is 0 Å². The van der Waals surface area contributed by atoms with Crippen LogP contribution in [0.4, 0.5) is 11.4 Å². The second-order valence-corrected chi connectivity index (χ2v) is 9.44. The average Bonchev–Trinajstić information content (AvgIpc) is 3.46. The number of hydrazine groups is 2. The molecule has 8 nitrogen and oxygen atoms in total. The van der Waals surface area contributed by atoms with Gasteiger partial charge in [0, 0.05) is 24.3 Å². The van der Waals surface area contributed by atoms with Crippen molar-refractivity contribution in [2.45, 2.75) is 0 Å². The topological polar surface area (TPSA) is 55.3 Å². The highest BCUT2D eigenvalue weighted by Crippen LogP contribution is 2.29. The first-order valence-corrected chi connectivity index (χ1v) is 12.6. The van der Waals surface area contributed by atoms with E-state index in [4.69, 9.17) is 0 Å². The summed E-state index contributed by atoms with van der Waals surface area (Å²) in [5.41, 5.74) is 10.7. The predicted octanol–water partition coefficient (Wildman–Crippen LogP) is -1.29. The fraction of sp³-hybridized carbons (Fsp3) is 0.133. The molecule has 0 aromatic heterocycles. The summed E-state index contributed by atoms with van der Waals surface area (Å²) in [6, 6.07) is 41.2. The van der Waals surface area contributed by atoms with E-state index in [9.17, 15) is 0 Å². The number of rotatable bonds is 4. The van der Waals surface area contributed by atoms with Crippen LogP contribution in [0.5, 0.6) is 0 Å². The first kappa shape index (κ1) is 31.2. The maximum Gasteiger partial charge on any atom is 0.279 e. The van der Waals surface area contributed by atoms with Gasteiger partial charge in [-0.1, -0.05) is 72.8 Å². The molecule has 0 aliphatic carbocycles. The van der Waals surface area contributed by atoms with Crippen molar-refractivity contribution in [3.05, 3.63) is 132 Å². The Morgan fingerprint density at radius 3 is 1.05 bits per heavy atom. The van der Waals surface area contributed by atoms with Crippen LogP contribution in [-0.2, 0) is 0 Å². The molecule has 208 valence electrons. The van der Waals surface area contributed by atoms with Crippen molar-refractivity contribution in [3.63, 3.8) is 0 Å². The third-order valence-electron chi connectivity index (χ3n) is 7.21. The molecule has 6 rings (SSSR count). The van der Waals surface area contributed by atoms with Gasteiger partial charge in [0.05, 0.1) is 39.3 Å². The minimum Gasteiger partial charge on any atom is -1.00 e. The molecule has 2 aliphatic rings. The van der Waals surface area contributed by atoms with Crippen LogP contribution in [0.1, 0.15) is 11.1 Å². The fourth-order valence-electron chi connectivity index (χ4n) is 4.73. The molecule has 10 heteroatoms. The van der Waals surface area contributed by atoms with Crippen molar-refractivity contribution in [1.82, 2.24) is 30.5 Å². The Balaban J connectivity index is 0.000000210. The zero-order chi connectivity index (χ0) is 26.6. The van der Waals surface area contributed by atoms with Crippen molar-refractivity contribution in [2.24, 2.45) is 10.2 Å². The van der Waals surface area contributed by atoms with Crippen LogP contribution in [0.25, 0.3) is 0 Å². The summed E-state index contributed by atoms with van der Waals surface area (Å²) >= 11 is 0. The molecule has 40 heavy (non-hydrogen) atoms. The van der Waals surface area contributed by atoms with Gasteiger partial charge in [-0.15, -0.1) is 19.4 Å². The standard InChI is InChI=1S/2C15H17N4.2BrH/c2*1-18-17-16-15(13-9-5-3-6-10-13)19(18,2)14-11-7-4-8-12-14;;/h2*3-12,17H,1-2H3;2*1H/q2*+1;;/p-2. The lowest BCUT2D eigenvalue weighted by Crippen LogP contribution is -3.00. The Kier molecular flexibility index (Phi) is 10.4. The number of hydrogen-bond donors (Lipinski definition) is 2. The number of para-hydroxylation sites is 2. The van der Waals surface area contributed by atoms with Crippen molar-refractivity contribution >= 4 is 23.0 Å². The third-order valence-corrected chi connectivity index (χ3v) is 7.21. The van der Waals surface area contributed by atoms with Crippen LogP contribution in [0, 0.1) is 0 Å². The second-order valence-electron chi connectivity index (χ2n) is 9.44. The highest BCUT2D eigenvalue weighted by atomic mass is 79.9. The van der Waals surface area contributed by atoms with Crippen molar-refractivity contribution < 1.29 is 34.0 Å². The Hall–Kier alpha value is -3.38. The Morgan fingerprint density at radius 1 is 0.475 bits per heavy atom. The summed E-state index contributed by atoms with van der Waals surface area (Å²) in [6.45, 7) is 0. The van der Waals surface area contributed by atoms with E-state index in [0.29, 0.717) is 9.18 Å². The fourth-order valence-corrected chi connectivity index (χ4v) is 4.73. The van der Waals surface area contributed by atoms with E-state index in [2.05, 4.69) is 83.9 Å². The van der Waals surface area contributed by atoms with Crippen LogP contribution < -0.4 is 54.2 Å². The van der Waals surface area contributed by atoms with Gasteiger partial charge in [0.25, 0.3) is 11.7 Å². The number of halogens is 2. The highest BCUT2D eigenvalue weighted by molar-refractivity contribution is 6.06. The Labute approximate surface area is 257 Å². The van der Waals surface area contributed by atoms with Gasteiger partial charge in [0.2, 0.25) is 0 Å². The summed E-state index contributed by atoms with van der Waals surface area (Å²) in [5.74, 6) is 1.96. The molecule has 0 spiro atoms. The minimum absolute atomic E-state index is 0. The molecule has 2 N–H and O–H groups in total. The number of nitrogens with zero attached hydrogens (tertiary/aromatic N) is 6. The second kappa shape index (κ2) is 13.3. The highest BCUT2D eigenvalue weighted by Gasteiger charge is 2.44. The molecular formula is C30H34Br2N8. The lowest BCUT2D eigenvalue weighted by molar-refractivity contribution is -0.001000. The molecule has 0 saturated carbocycles. The van der Waals surface area contributed by atoms with E-state index in [1.165, 1.54) is 0 Å².